The molecule has 4 rings (SSSR count). The maximum Gasteiger partial charge on any atom is 0.164 e. The Morgan fingerprint density at radius 2 is 1.86 bits per heavy atom. The molecular formula is C20H24N8. The van der Waals surface area contributed by atoms with E-state index in [0.717, 1.165) is 29.0 Å². The van der Waals surface area contributed by atoms with Crippen LogP contribution in [0, 0.1) is 5.41 Å². The standard InChI is InChI=1S/C20H24N8/c1-20(2,3)16(12-28-10-9-22-13-28)24-18-15-11-23-27(4)19(15)26-17(25-18)14-5-7-21-8-6-14/h5-11,13,16H,12H2,1-4H3,(H,24,25,26). The molecule has 1 N–H and O–H groups in total. The monoisotopic (exact) mass is 376 g/mol. The zero-order valence-electron chi connectivity index (χ0n) is 16.5. The van der Waals surface area contributed by atoms with Crippen LogP contribution in [-0.4, -0.2) is 40.3 Å². The van der Waals surface area contributed by atoms with Crippen LogP contribution in [0.3, 0.4) is 0 Å². The lowest BCUT2D eigenvalue weighted by atomic mass is 9.86. The molecule has 0 spiro atoms. The maximum atomic E-state index is 4.84. The number of aryl methyl sites for hydroxylation is 1. The SMILES string of the molecule is Cn1ncc2c(NC(Cn3ccnc3)C(C)(C)C)nc(-c3ccncc3)nc21. The van der Waals surface area contributed by atoms with Gasteiger partial charge in [0.25, 0.3) is 0 Å². The van der Waals surface area contributed by atoms with E-state index in [0.29, 0.717) is 5.82 Å². The van der Waals surface area contributed by atoms with Gasteiger partial charge in [0.2, 0.25) is 0 Å². The molecule has 8 nitrogen and oxygen atoms in total. The first-order chi connectivity index (χ1) is 13.4. The van der Waals surface area contributed by atoms with Crippen LogP contribution < -0.4 is 5.32 Å². The molecule has 0 amide bonds. The van der Waals surface area contributed by atoms with E-state index in [1.807, 2.05) is 37.9 Å². The fourth-order valence-corrected chi connectivity index (χ4v) is 3.07. The van der Waals surface area contributed by atoms with Crippen LogP contribution in [0.1, 0.15) is 20.8 Å². The maximum absolute atomic E-state index is 4.84. The second-order valence-electron chi connectivity index (χ2n) is 7.96. The van der Waals surface area contributed by atoms with Gasteiger partial charge in [-0.2, -0.15) is 5.10 Å². The van der Waals surface area contributed by atoms with Gasteiger partial charge in [0.1, 0.15) is 5.82 Å². The van der Waals surface area contributed by atoms with Crippen molar-refractivity contribution in [2.75, 3.05) is 5.32 Å². The third-order valence-corrected chi connectivity index (χ3v) is 4.84. The van der Waals surface area contributed by atoms with Crippen LogP contribution in [0.15, 0.2) is 49.4 Å². The van der Waals surface area contributed by atoms with E-state index >= 15 is 0 Å². The van der Waals surface area contributed by atoms with Gasteiger partial charge in [-0.1, -0.05) is 20.8 Å². The molecule has 8 heteroatoms. The second kappa shape index (κ2) is 7.03. The topological polar surface area (TPSA) is 86.3 Å². The number of nitrogens with one attached hydrogen (secondary N) is 1. The minimum atomic E-state index is 0.000578. The van der Waals surface area contributed by atoms with E-state index in [1.54, 1.807) is 23.3 Å². The number of hydrogen-bond acceptors (Lipinski definition) is 6. The minimum Gasteiger partial charge on any atom is -0.364 e. The number of nitrogens with zero attached hydrogens (tertiary/aromatic N) is 7. The first kappa shape index (κ1) is 18.1. The van der Waals surface area contributed by atoms with Crippen LogP contribution >= 0.6 is 0 Å². The van der Waals surface area contributed by atoms with Crippen LogP contribution in [-0.2, 0) is 13.6 Å². The van der Waals surface area contributed by atoms with E-state index in [2.05, 4.69) is 45.7 Å². The van der Waals surface area contributed by atoms with E-state index < -0.39 is 0 Å². The van der Waals surface area contributed by atoms with Crippen LogP contribution in [0.5, 0.6) is 0 Å². The van der Waals surface area contributed by atoms with Gasteiger partial charge in [0.15, 0.2) is 11.5 Å². The fourth-order valence-electron chi connectivity index (χ4n) is 3.07. The lowest BCUT2D eigenvalue weighted by molar-refractivity contribution is 0.311. The van der Waals surface area contributed by atoms with Crippen molar-refractivity contribution in [2.24, 2.45) is 12.5 Å². The van der Waals surface area contributed by atoms with Gasteiger partial charge >= 0.3 is 0 Å². The van der Waals surface area contributed by atoms with E-state index in [9.17, 15) is 0 Å². The Bertz CT molecular complexity index is 1060. The minimum absolute atomic E-state index is 0.000578. The summed E-state index contributed by atoms with van der Waals surface area (Å²) in [6.07, 6.45) is 10.9. The molecule has 1 atom stereocenters. The molecule has 4 aromatic heterocycles. The van der Waals surface area contributed by atoms with Crippen molar-refractivity contribution in [2.45, 2.75) is 33.4 Å². The third-order valence-electron chi connectivity index (χ3n) is 4.84. The van der Waals surface area contributed by atoms with Gasteiger partial charge in [-0.05, 0) is 17.5 Å². The van der Waals surface area contributed by atoms with Gasteiger partial charge in [-0.25, -0.2) is 15.0 Å². The average molecular weight is 376 g/mol. The average Bonchev–Trinajstić information content (AvgIpc) is 3.31. The number of aromatic nitrogens is 7. The van der Waals surface area contributed by atoms with Crippen molar-refractivity contribution in [3.63, 3.8) is 0 Å². The van der Waals surface area contributed by atoms with Gasteiger partial charge in [-0.3, -0.25) is 9.67 Å². The number of hydrogen-bond donors (Lipinski definition) is 1. The molecule has 0 fully saturated rings. The van der Waals surface area contributed by atoms with Crippen LogP contribution in [0.4, 0.5) is 5.82 Å². The van der Waals surface area contributed by atoms with Crippen LogP contribution in [0.2, 0.25) is 0 Å². The summed E-state index contributed by atoms with van der Waals surface area (Å²) in [5.41, 5.74) is 1.71. The van der Waals surface area contributed by atoms with Crippen molar-refractivity contribution in [1.82, 2.24) is 34.3 Å². The molecule has 28 heavy (non-hydrogen) atoms. The van der Waals surface area contributed by atoms with Crippen molar-refractivity contribution in [3.8, 4) is 11.4 Å². The molecule has 0 aliphatic carbocycles. The van der Waals surface area contributed by atoms with Crippen molar-refractivity contribution in [3.05, 3.63) is 49.4 Å². The summed E-state index contributed by atoms with van der Waals surface area (Å²) in [7, 11) is 1.89. The molecule has 0 radical (unpaired) electrons. The lowest BCUT2D eigenvalue weighted by Gasteiger charge is -2.32. The summed E-state index contributed by atoms with van der Waals surface area (Å²) in [5.74, 6) is 1.43. The Kier molecular flexibility index (Phi) is 4.54. The summed E-state index contributed by atoms with van der Waals surface area (Å²) < 4.78 is 3.85. The summed E-state index contributed by atoms with van der Waals surface area (Å²) >= 11 is 0. The third kappa shape index (κ3) is 3.58. The molecule has 0 aliphatic heterocycles. The Labute approximate surface area is 163 Å². The summed E-state index contributed by atoms with van der Waals surface area (Å²) in [4.78, 5) is 17.8. The molecule has 1 unspecified atom stereocenters. The largest absolute Gasteiger partial charge is 0.364 e. The number of anilines is 1. The normalized spacial score (nSPS) is 13.0. The van der Waals surface area contributed by atoms with E-state index in [4.69, 9.17) is 9.97 Å². The highest BCUT2D eigenvalue weighted by atomic mass is 15.3. The number of fused-ring (bicyclic) bond motifs is 1. The van der Waals surface area contributed by atoms with E-state index in [-0.39, 0.29) is 11.5 Å². The molecular weight excluding hydrogens is 352 g/mol. The number of rotatable bonds is 5. The summed E-state index contributed by atoms with van der Waals surface area (Å²) in [6.45, 7) is 7.42. The molecule has 0 aromatic carbocycles. The fraction of sp³-hybridized carbons (Fsp3) is 0.350. The highest BCUT2D eigenvalue weighted by Gasteiger charge is 2.27. The molecule has 4 aromatic rings. The van der Waals surface area contributed by atoms with E-state index in [1.165, 1.54) is 0 Å². The van der Waals surface area contributed by atoms with Gasteiger partial charge in [-0.15, -0.1) is 0 Å². The smallest absolute Gasteiger partial charge is 0.164 e. The van der Waals surface area contributed by atoms with Crippen molar-refractivity contribution >= 4 is 16.9 Å². The first-order valence-corrected chi connectivity index (χ1v) is 9.24. The predicted molar refractivity (Wildman–Crippen MR) is 109 cm³/mol. The lowest BCUT2D eigenvalue weighted by Crippen LogP contribution is -2.38. The Morgan fingerprint density at radius 1 is 1.07 bits per heavy atom. The zero-order chi connectivity index (χ0) is 19.7. The molecule has 0 saturated carbocycles. The zero-order valence-corrected chi connectivity index (χ0v) is 16.5. The van der Waals surface area contributed by atoms with Crippen LogP contribution in [0.25, 0.3) is 22.4 Å². The van der Waals surface area contributed by atoms with Gasteiger partial charge in [0.05, 0.1) is 24.0 Å². The highest BCUT2D eigenvalue weighted by molar-refractivity contribution is 5.88. The predicted octanol–water partition coefficient (Wildman–Crippen LogP) is 3.15. The molecule has 0 saturated heterocycles. The van der Waals surface area contributed by atoms with Crippen molar-refractivity contribution in [1.29, 1.82) is 0 Å². The summed E-state index contributed by atoms with van der Waals surface area (Å²) in [5, 5.41) is 8.94. The highest BCUT2D eigenvalue weighted by Crippen LogP contribution is 2.29. The van der Waals surface area contributed by atoms with Gasteiger partial charge in [0, 0.05) is 43.9 Å². The number of imidazole rings is 1. The first-order valence-electron chi connectivity index (χ1n) is 9.24. The Morgan fingerprint density at radius 3 is 2.54 bits per heavy atom. The quantitative estimate of drug-likeness (QED) is 0.576. The van der Waals surface area contributed by atoms with Crippen molar-refractivity contribution < 1.29 is 0 Å². The molecule has 0 bridgehead atoms. The number of pyridine rings is 1. The second-order valence-corrected chi connectivity index (χ2v) is 7.96. The van der Waals surface area contributed by atoms with Gasteiger partial charge < -0.3 is 9.88 Å². The summed E-state index contributed by atoms with van der Waals surface area (Å²) in [6, 6.07) is 3.95. The molecule has 0 aliphatic rings. The molecule has 4 heterocycles. The Hall–Kier alpha value is -3.29. The molecule has 144 valence electrons. The Balaban J connectivity index is 1.78.